The van der Waals surface area contributed by atoms with Crippen LogP contribution in [-0.4, -0.2) is 20.9 Å². The topological polar surface area (TPSA) is 39.9 Å². The van der Waals surface area contributed by atoms with Gasteiger partial charge in [-0.05, 0) is 38.8 Å². The maximum absolute atomic E-state index is 5.85. The van der Waals surface area contributed by atoms with Crippen LogP contribution in [0.1, 0.15) is 44.1 Å². The number of rotatable bonds is 3. The van der Waals surface area contributed by atoms with Gasteiger partial charge in [0.25, 0.3) is 0 Å². The molecule has 3 rings (SSSR count). The lowest BCUT2D eigenvalue weighted by molar-refractivity contribution is 0.0118. The van der Waals surface area contributed by atoms with Crippen molar-refractivity contribution in [3.8, 4) is 5.69 Å². The normalized spacial score (nSPS) is 15.2. The van der Waals surface area contributed by atoms with E-state index in [4.69, 9.17) is 4.74 Å². The van der Waals surface area contributed by atoms with E-state index in [1.165, 1.54) is 11.3 Å². The van der Waals surface area contributed by atoms with Crippen molar-refractivity contribution in [1.29, 1.82) is 0 Å². The summed E-state index contributed by atoms with van der Waals surface area (Å²) in [6.45, 7) is 6.12. The van der Waals surface area contributed by atoms with Crippen LogP contribution >= 0.6 is 0 Å². The Bertz CT molecular complexity index is 589. The molecular weight excluding hydrogens is 238 g/mol. The van der Waals surface area contributed by atoms with Gasteiger partial charge in [-0.3, -0.25) is 4.57 Å². The van der Waals surface area contributed by atoms with Crippen LogP contribution < -0.4 is 0 Å². The van der Waals surface area contributed by atoms with E-state index in [0.29, 0.717) is 0 Å². The highest BCUT2D eigenvalue weighted by atomic mass is 16.5. The number of nitrogens with zero attached hydrogens (tertiary/aromatic N) is 3. The largest absolute Gasteiger partial charge is 0.368 e. The molecule has 19 heavy (non-hydrogen) atoms. The third-order valence-corrected chi connectivity index (χ3v) is 3.45. The van der Waals surface area contributed by atoms with E-state index in [9.17, 15) is 0 Å². The second-order valence-electron chi connectivity index (χ2n) is 5.27. The van der Waals surface area contributed by atoms with E-state index in [2.05, 4.69) is 39.0 Å². The first-order valence-corrected chi connectivity index (χ1v) is 6.84. The van der Waals surface area contributed by atoms with E-state index in [0.717, 1.165) is 24.5 Å². The summed E-state index contributed by atoms with van der Waals surface area (Å²) in [7, 11) is 0. The number of hydrogen-bond acceptors (Lipinski definition) is 3. The second-order valence-corrected chi connectivity index (χ2v) is 5.27. The Kier molecular flexibility index (Phi) is 3.11. The van der Waals surface area contributed by atoms with Crippen LogP contribution in [0.15, 0.2) is 24.3 Å². The average molecular weight is 257 g/mol. The molecular formula is C15H19N3O. The number of benzene rings is 1. The zero-order valence-electron chi connectivity index (χ0n) is 11.6. The molecule has 1 aliphatic heterocycles. The molecule has 0 bridgehead atoms. The minimum atomic E-state index is -0.0487. The summed E-state index contributed by atoms with van der Waals surface area (Å²) in [4.78, 5) is 0. The molecule has 0 N–H and O–H groups in total. The van der Waals surface area contributed by atoms with Gasteiger partial charge in [-0.1, -0.05) is 18.2 Å². The van der Waals surface area contributed by atoms with Crippen LogP contribution in [0.2, 0.25) is 0 Å². The maximum Gasteiger partial charge on any atom is 0.166 e. The van der Waals surface area contributed by atoms with E-state index in [1.807, 2.05) is 20.8 Å². The fraction of sp³-hybridized carbons (Fsp3) is 0.467. The van der Waals surface area contributed by atoms with Crippen LogP contribution in [0.4, 0.5) is 0 Å². The molecule has 2 heterocycles. The van der Waals surface area contributed by atoms with Gasteiger partial charge >= 0.3 is 0 Å². The van der Waals surface area contributed by atoms with Crippen LogP contribution in [0.5, 0.6) is 0 Å². The average Bonchev–Trinajstić information content (AvgIpc) is 2.82. The zero-order chi connectivity index (χ0) is 13.4. The van der Waals surface area contributed by atoms with Crippen molar-refractivity contribution in [1.82, 2.24) is 14.8 Å². The summed E-state index contributed by atoms with van der Waals surface area (Å²) >= 11 is 0. The third-order valence-electron chi connectivity index (χ3n) is 3.45. The van der Waals surface area contributed by atoms with Gasteiger partial charge in [0.2, 0.25) is 0 Å². The third kappa shape index (κ3) is 2.16. The summed E-state index contributed by atoms with van der Waals surface area (Å²) in [5, 5.41) is 8.65. The van der Waals surface area contributed by atoms with Crippen molar-refractivity contribution in [2.24, 2.45) is 0 Å². The first-order valence-electron chi connectivity index (χ1n) is 6.84. The first-order chi connectivity index (χ1) is 9.16. The van der Waals surface area contributed by atoms with Gasteiger partial charge in [0.05, 0.1) is 11.8 Å². The Labute approximate surface area is 113 Å². The van der Waals surface area contributed by atoms with Crippen molar-refractivity contribution in [2.75, 3.05) is 0 Å². The molecule has 0 spiro atoms. The van der Waals surface area contributed by atoms with E-state index >= 15 is 0 Å². The molecule has 1 aromatic heterocycles. The van der Waals surface area contributed by atoms with Gasteiger partial charge in [0.1, 0.15) is 11.9 Å². The summed E-state index contributed by atoms with van der Waals surface area (Å²) < 4.78 is 8.01. The molecule has 1 unspecified atom stereocenters. The molecule has 4 nitrogen and oxygen atoms in total. The molecule has 2 aromatic rings. The lowest BCUT2D eigenvalue weighted by atomic mass is 10.0. The fourth-order valence-corrected chi connectivity index (χ4v) is 2.67. The predicted octanol–water partition coefficient (Wildman–Crippen LogP) is 2.85. The van der Waals surface area contributed by atoms with E-state index in [1.54, 1.807) is 0 Å². The van der Waals surface area contributed by atoms with E-state index < -0.39 is 0 Å². The Balaban J connectivity index is 2.05. The summed E-state index contributed by atoms with van der Waals surface area (Å²) in [6.07, 6.45) is 2.11. The molecule has 1 aliphatic rings. The van der Waals surface area contributed by atoms with Crippen LogP contribution in [0.3, 0.4) is 0 Å². The first kappa shape index (κ1) is 12.4. The lowest BCUT2D eigenvalue weighted by Crippen LogP contribution is -2.17. The summed E-state index contributed by atoms with van der Waals surface area (Å²) in [5.41, 5.74) is 2.55. The predicted molar refractivity (Wildman–Crippen MR) is 73.4 cm³/mol. The molecule has 0 saturated carbocycles. The Hall–Kier alpha value is -1.68. The van der Waals surface area contributed by atoms with Crippen molar-refractivity contribution >= 4 is 0 Å². The Morgan fingerprint density at radius 2 is 1.89 bits per heavy atom. The van der Waals surface area contributed by atoms with Crippen LogP contribution in [0.25, 0.3) is 5.69 Å². The molecule has 1 atom stereocenters. The number of para-hydroxylation sites is 1. The van der Waals surface area contributed by atoms with Gasteiger partial charge < -0.3 is 4.74 Å². The zero-order valence-corrected chi connectivity index (χ0v) is 11.6. The quantitative estimate of drug-likeness (QED) is 0.849. The van der Waals surface area contributed by atoms with Gasteiger partial charge in [-0.15, -0.1) is 10.2 Å². The second kappa shape index (κ2) is 4.78. The van der Waals surface area contributed by atoms with Gasteiger partial charge in [0, 0.05) is 6.42 Å². The fourth-order valence-electron chi connectivity index (χ4n) is 2.67. The van der Waals surface area contributed by atoms with E-state index in [-0.39, 0.29) is 12.2 Å². The number of hydrogen-bond donors (Lipinski definition) is 0. The van der Waals surface area contributed by atoms with Crippen molar-refractivity contribution in [3.05, 3.63) is 41.5 Å². The highest BCUT2D eigenvalue weighted by molar-refractivity contribution is 5.45. The molecule has 0 fully saturated rings. The Morgan fingerprint density at radius 1 is 1.11 bits per heavy atom. The number of aryl methyl sites for hydroxylation is 2. The minimum absolute atomic E-state index is 0.0487. The lowest BCUT2D eigenvalue weighted by Gasteiger charge is -2.22. The smallest absolute Gasteiger partial charge is 0.166 e. The molecule has 1 aromatic carbocycles. The van der Waals surface area contributed by atoms with Gasteiger partial charge in [-0.2, -0.15) is 0 Å². The monoisotopic (exact) mass is 257 g/mol. The van der Waals surface area contributed by atoms with Gasteiger partial charge in [0.15, 0.2) is 5.82 Å². The molecule has 4 heteroatoms. The van der Waals surface area contributed by atoms with Crippen molar-refractivity contribution in [3.63, 3.8) is 0 Å². The van der Waals surface area contributed by atoms with Gasteiger partial charge in [-0.25, -0.2) is 0 Å². The van der Waals surface area contributed by atoms with Crippen LogP contribution in [-0.2, 0) is 17.6 Å². The summed E-state index contributed by atoms with van der Waals surface area (Å²) in [6, 6.07) is 8.45. The van der Waals surface area contributed by atoms with Crippen molar-refractivity contribution in [2.45, 2.75) is 45.8 Å². The molecule has 0 radical (unpaired) electrons. The highest BCUT2D eigenvalue weighted by Crippen LogP contribution is 2.28. The number of aromatic nitrogens is 3. The van der Waals surface area contributed by atoms with Crippen molar-refractivity contribution < 1.29 is 4.74 Å². The Morgan fingerprint density at radius 3 is 2.68 bits per heavy atom. The molecule has 0 amide bonds. The molecule has 0 saturated heterocycles. The summed E-state index contributed by atoms with van der Waals surface area (Å²) in [5.74, 6) is 1.93. The SMILES string of the molecule is CC(C)OC(C)c1nnc2n1-c1ccccc1CC2. The minimum Gasteiger partial charge on any atom is -0.368 e. The standard InChI is InChI=1S/C15H19N3O/c1-10(2)19-11(3)15-17-16-14-9-8-12-6-4-5-7-13(12)18(14)15/h4-7,10-11H,8-9H2,1-3H3. The van der Waals surface area contributed by atoms with Crippen LogP contribution in [0, 0.1) is 0 Å². The number of ether oxygens (including phenoxy) is 1. The highest BCUT2D eigenvalue weighted by Gasteiger charge is 2.24. The molecule has 0 aliphatic carbocycles. The number of fused-ring (bicyclic) bond motifs is 3. The maximum atomic E-state index is 5.85. The molecule has 100 valence electrons.